The number of pyridine rings is 1. The fourth-order valence-electron chi connectivity index (χ4n) is 0.589. The van der Waals surface area contributed by atoms with Gasteiger partial charge in [-0.2, -0.15) is 5.26 Å². The standard InChI is InChI=1S/C7H5ClN2O/c8-7-6(11-5-3-9)2-1-4-10-7/h1-2,4H,5H2. The lowest BCUT2D eigenvalue weighted by molar-refractivity contribution is 0.367. The number of nitrogens with zero attached hydrogens (tertiary/aromatic N) is 2. The second-order valence-electron chi connectivity index (χ2n) is 1.74. The molecule has 4 heteroatoms. The highest BCUT2D eigenvalue weighted by molar-refractivity contribution is 6.30. The van der Waals surface area contributed by atoms with Crippen LogP contribution in [0.2, 0.25) is 5.15 Å². The SMILES string of the molecule is N#CCOc1cccnc1Cl. The van der Waals surface area contributed by atoms with Crippen molar-refractivity contribution in [3.63, 3.8) is 0 Å². The van der Waals surface area contributed by atoms with Crippen LogP contribution in [-0.4, -0.2) is 11.6 Å². The van der Waals surface area contributed by atoms with Crippen molar-refractivity contribution in [2.45, 2.75) is 0 Å². The fourth-order valence-corrected chi connectivity index (χ4v) is 0.763. The highest BCUT2D eigenvalue weighted by atomic mass is 35.5. The molecule has 0 aliphatic heterocycles. The van der Waals surface area contributed by atoms with E-state index in [2.05, 4.69) is 4.98 Å². The number of aromatic nitrogens is 1. The van der Waals surface area contributed by atoms with Gasteiger partial charge in [-0.25, -0.2) is 4.98 Å². The summed E-state index contributed by atoms with van der Waals surface area (Å²) < 4.78 is 4.93. The maximum absolute atomic E-state index is 8.18. The molecule has 0 N–H and O–H groups in total. The van der Waals surface area contributed by atoms with E-state index in [1.54, 1.807) is 18.3 Å². The van der Waals surface area contributed by atoms with Gasteiger partial charge < -0.3 is 4.74 Å². The van der Waals surface area contributed by atoms with Crippen LogP contribution < -0.4 is 4.74 Å². The number of halogens is 1. The van der Waals surface area contributed by atoms with Crippen LogP contribution in [0.15, 0.2) is 18.3 Å². The molecule has 56 valence electrons. The minimum atomic E-state index is -0.00852. The van der Waals surface area contributed by atoms with Crippen molar-refractivity contribution in [3.05, 3.63) is 23.5 Å². The van der Waals surface area contributed by atoms with E-state index in [0.717, 1.165) is 0 Å². The van der Waals surface area contributed by atoms with Crippen molar-refractivity contribution in [1.29, 1.82) is 5.26 Å². The minimum Gasteiger partial charge on any atom is -0.476 e. The van der Waals surface area contributed by atoms with Gasteiger partial charge in [0.05, 0.1) is 0 Å². The molecule has 1 heterocycles. The van der Waals surface area contributed by atoms with Crippen molar-refractivity contribution in [2.24, 2.45) is 0 Å². The first-order valence-electron chi connectivity index (χ1n) is 2.95. The normalized spacial score (nSPS) is 8.73. The van der Waals surface area contributed by atoms with E-state index in [-0.39, 0.29) is 11.8 Å². The Morgan fingerprint density at radius 3 is 3.18 bits per heavy atom. The monoisotopic (exact) mass is 168 g/mol. The third kappa shape index (κ3) is 2.10. The van der Waals surface area contributed by atoms with Gasteiger partial charge in [0.25, 0.3) is 0 Å². The van der Waals surface area contributed by atoms with Crippen LogP contribution >= 0.6 is 11.6 Å². The second-order valence-corrected chi connectivity index (χ2v) is 2.10. The van der Waals surface area contributed by atoms with Gasteiger partial charge in [0.2, 0.25) is 0 Å². The summed E-state index contributed by atoms with van der Waals surface area (Å²) in [5.74, 6) is 0.440. The fraction of sp³-hybridized carbons (Fsp3) is 0.143. The summed E-state index contributed by atoms with van der Waals surface area (Å²) in [5, 5.41) is 8.46. The van der Waals surface area contributed by atoms with Crippen LogP contribution in [0.4, 0.5) is 0 Å². The van der Waals surface area contributed by atoms with Crippen molar-refractivity contribution in [1.82, 2.24) is 4.98 Å². The van der Waals surface area contributed by atoms with Crippen LogP contribution in [0.1, 0.15) is 0 Å². The van der Waals surface area contributed by atoms with E-state index in [0.29, 0.717) is 5.75 Å². The maximum Gasteiger partial charge on any atom is 0.174 e. The Kier molecular flexibility index (Phi) is 2.70. The highest BCUT2D eigenvalue weighted by Gasteiger charge is 1.98. The Bertz CT molecular complexity index is 282. The van der Waals surface area contributed by atoms with Crippen molar-refractivity contribution >= 4 is 11.6 Å². The van der Waals surface area contributed by atoms with E-state index >= 15 is 0 Å². The first-order valence-corrected chi connectivity index (χ1v) is 3.32. The number of hydrogen-bond donors (Lipinski definition) is 0. The predicted octanol–water partition coefficient (Wildman–Crippen LogP) is 1.64. The summed E-state index contributed by atoms with van der Waals surface area (Å²) >= 11 is 5.61. The Balaban J connectivity index is 2.71. The average Bonchev–Trinajstić information content (AvgIpc) is 2.03. The molecule has 1 aromatic heterocycles. The highest BCUT2D eigenvalue weighted by Crippen LogP contribution is 2.19. The number of ether oxygens (including phenoxy) is 1. The van der Waals surface area contributed by atoms with Crippen LogP contribution in [0, 0.1) is 11.3 Å². The predicted molar refractivity (Wildman–Crippen MR) is 40.4 cm³/mol. The summed E-state index contributed by atoms with van der Waals surface area (Å²) in [4.78, 5) is 3.76. The Morgan fingerprint density at radius 2 is 2.55 bits per heavy atom. The van der Waals surface area contributed by atoms with Gasteiger partial charge in [-0.05, 0) is 12.1 Å². The smallest absolute Gasteiger partial charge is 0.174 e. The Morgan fingerprint density at radius 1 is 1.73 bits per heavy atom. The molecule has 0 radical (unpaired) electrons. The van der Waals surface area contributed by atoms with Gasteiger partial charge >= 0.3 is 0 Å². The first kappa shape index (κ1) is 7.83. The zero-order valence-electron chi connectivity index (χ0n) is 5.62. The molecule has 0 aromatic carbocycles. The molecule has 0 bridgehead atoms. The lowest BCUT2D eigenvalue weighted by atomic mass is 10.5. The molecule has 1 aromatic rings. The van der Waals surface area contributed by atoms with Crippen LogP contribution in [0.3, 0.4) is 0 Å². The van der Waals surface area contributed by atoms with Crippen LogP contribution in [0.5, 0.6) is 5.75 Å². The third-order valence-corrected chi connectivity index (χ3v) is 1.30. The summed E-state index contributed by atoms with van der Waals surface area (Å²) in [5.41, 5.74) is 0. The molecule has 0 fully saturated rings. The average molecular weight is 169 g/mol. The molecule has 0 spiro atoms. The molecule has 0 atom stereocenters. The van der Waals surface area contributed by atoms with Gasteiger partial charge in [0.15, 0.2) is 17.5 Å². The Hall–Kier alpha value is -1.27. The van der Waals surface area contributed by atoms with Crippen molar-refractivity contribution < 1.29 is 4.74 Å². The van der Waals surface area contributed by atoms with Gasteiger partial charge in [0.1, 0.15) is 6.07 Å². The van der Waals surface area contributed by atoms with E-state index in [1.807, 2.05) is 6.07 Å². The zero-order chi connectivity index (χ0) is 8.10. The van der Waals surface area contributed by atoms with Gasteiger partial charge in [-0.1, -0.05) is 11.6 Å². The van der Waals surface area contributed by atoms with E-state index in [4.69, 9.17) is 21.6 Å². The summed E-state index contributed by atoms with van der Waals surface area (Å²) in [6.07, 6.45) is 1.56. The van der Waals surface area contributed by atoms with Crippen LogP contribution in [0.25, 0.3) is 0 Å². The Labute approximate surface area is 69.2 Å². The summed E-state index contributed by atoms with van der Waals surface area (Å²) in [7, 11) is 0. The number of hydrogen-bond acceptors (Lipinski definition) is 3. The summed E-state index contributed by atoms with van der Waals surface area (Å²) in [6, 6.07) is 5.19. The van der Waals surface area contributed by atoms with Crippen molar-refractivity contribution in [3.8, 4) is 11.8 Å². The van der Waals surface area contributed by atoms with Crippen molar-refractivity contribution in [2.75, 3.05) is 6.61 Å². The second kappa shape index (κ2) is 3.79. The maximum atomic E-state index is 8.18. The molecule has 0 aliphatic rings. The third-order valence-electron chi connectivity index (χ3n) is 1.02. The molecule has 0 amide bonds. The first-order chi connectivity index (χ1) is 5.34. The molecule has 11 heavy (non-hydrogen) atoms. The minimum absolute atomic E-state index is 0.00852. The molecule has 0 saturated carbocycles. The molecule has 0 saturated heterocycles. The molecule has 3 nitrogen and oxygen atoms in total. The molecule has 0 aliphatic carbocycles. The molecular formula is C7H5ClN2O. The zero-order valence-corrected chi connectivity index (χ0v) is 6.38. The van der Waals surface area contributed by atoms with E-state index in [9.17, 15) is 0 Å². The molecule has 0 unspecified atom stereocenters. The lowest BCUT2D eigenvalue weighted by Crippen LogP contribution is -1.94. The lowest BCUT2D eigenvalue weighted by Gasteiger charge is -2.00. The number of nitriles is 1. The quantitative estimate of drug-likeness (QED) is 0.631. The van der Waals surface area contributed by atoms with Gasteiger partial charge in [0, 0.05) is 6.20 Å². The molecular weight excluding hydrogens is 164 g/mol. The molecule has 1 rings (SSSR count). The van der Waals surface area contributed by atoms with Gasteiger partial charge in [-0.15, -0.1) is 0 Å². The van der Waals surface area contributed by atoms with E-state index in [1.165, 1.54) is 0 Å². The van der Waals surface area contributed by atoms with Gasteiger partial charge in [-0.3, -0.25) is 0 Å². The summed E-state index contributed by atoms with van der Waals surface area (Å²) in [6.45, 7) is -0.00852. The van der Waals surface area contributed by atoms with Crippen LogP contribution in [-0.2, 0) is 0 Å². The number of rotatable bonds is 2. The largest absolute Gasteiger partial charge is 0.476 e. The topological polar surface area (TPSA) is 45.9 Å². The van der Waals surface area contributed by atoms with E-state index < -0.39 is 0 Å².